The summed E-state index contributed by atoms with van der Waals surface area (Å²) in [4.78, 5) is 2.73. The van der Waals surface area contributed by atoms with E-state index in [1.54, 1.807) is 5.70 Å². The molecule has 0 aromatic rings. The number of allylic oxidation sites excluding steroid dienone is 2. The summed E-state index contributed by atoms with van der Waals surface area (Å²) < 4.78 is 0. The molecule has 1 spiro atoms. The van der Waals surface area contributed by atoms with Gasteiger partial charge in [0.15, 0.2) is 0 Å². The van der Waals surface area contributed by atoms with Gasteiger partial charge in [0.05, 0.1) is 12.6 Å². The van der Waals surface area contributed by atoms with Gasteiger partial charge in [-0.3, -0.25) is 0 Å². The molecule has 2 heteroatoms. The number of unbranched alkanes of at least 4 members (excludes halogenated alkanes) is 3. The van der Waals surface area contributed by atoms with Gasteiger partial charge in [0.2, 0.25) is 0 Å². The molecule has 3 aliphatic rings. The standard InChI is InChI=1S/C19H33NO/c1-2-3-4-5-9-17-11-10-16-8-6-7-13-19(16)14-12-18(15-21)20(17)19/h11,16,18,21H,2-10,12-15H2,1H3/t16?,18-,19?/m0/s1. The van der Waals surface area contributed by atoms with Crippen LogP contribution in [-0.2, 0) is 0 Å². The molecule has 3 atom stereocenters. The summed E-state index contributed by atoms with van der Waals surface area (Å²) in [6.07, 6.45) is 18.6. The molecule has 0 aromatic carbocycles. The average Bonchev–Trinajstić information content (AvgIpc) is 2.90. The van der Waals surface area contributed by atoms with Crippen molar-refractivity contribution in [3.05, 3.63) is 11.8 Å². The van der Waals surface area contributed by atoms with Gasteiger partial charge in [0.25, 0.3) is 0 Å². The van der Waals surface area contributed by atoms with Crippen molar-refractivity contribution in [3.8, 4) is 0 Å². The van der Waals surface area contributed by atoms with E-state index in [4.69, 9.17) is 0 Å². The van der Waals surface area contributed by atoms with E-state index in [2.05, 4.69) is 17.9 Å². The van der Waals surface area contributed by atoms with Gasteiger partial charge >= 0.3 is 0 Å². The third kappa shape index (κ3) is 2.76. The SMILES string of the molecule is CCCCCCC1=CCC2CCCCC23CC[C@@H](CO)N13. The minimum absolute atomic E-state index is 0.348. The van der Waals surface area contributed by atoms with E-state index < -0.39 is 0 Å². The Hall–Kier alpha value is -0.500. The van der Waals surface area contributed by atoms with Crippen molar-refractivity contribution in [1.82, 2.24) is 4.90 Å². The molecule has 0 amide bonds. The summed E-state index contributed by atoms with van der Waals surface area (Å²) >= 11 is 0. The lowest BCUT2D eigenvalue weighted by Crippen LogP contribution is -2.55. The fourth-order valence-electron chi connectivity index (χ4n) is 5.33. The molecule has 21 heavy (non-hydrogen) atoms. The van der Waals surface area contributed by atoms with Crippen LogP contribution in [0.2, 0.25) is 0 Å². The monoisotopic (exact) mass is 291 g/mol. The Balaban J connectivity index is 1.75. The summed E-state index contributed by atoms with van der Waals surface area (Å²) in [7, 11) is 0. The Morgan fingerprint density at radius 3 is 2.90 bits per heavy atom. The fraction of sp³-hybridized carbons (Fsp3) is 0.895. The first-order valence-electron chi connectivity index (χ1n) is 9.41. The van der Waals surface area contributed by atoms with Gasteiger partial charge in [-0.05, 0) is 50.9 Å². The Morgan fingerprint density at radius 1 is 1.19 bits per heavy atom. The van der Waals surface area contributed by atoms with Gasteiger partial charge in [-0.25, -0.2) is 0 Å². The summed E-state index contributed by atoms with van der Waals surface area (Å²) in [6.45, 7) is 2.63. The van der Waals surface area contributed by atoms with Crippen LogP contribution in [0.1, 0.15) is 84.0 Å². The molecular formula is C19H33NO. The van der Waals surface area contributed by atoms with Gasteiger partial charge < -0.3 is 10.0 Å². The van der Waals surface area contributed by atoms with E-state index in [0.717, 1.165) is 5.92 Å². The number of aliphatic hydroxyl groups excluding tert-OH is 1. The lowest BCUT2D eigenvalue weighted by molar-refractivity contribution is 0.0129. The predicted molar refractivity (Wildman–Crippen MR) is 88.1 cm³/mol. The Morgan fingerprint density at radius 2 is 2.10 bits per heavy atom. The Bertz CT molecular complexity index is 378. The molecule has 0 radical (unpaired) electrons. The van der Waals surface area contributed by atoms with Crippen LogP contribution < -0.4 is 0 Å². The molecule has 2 unspecified atom stereocenters. The molecule has 2 heterocycles. The van der Waals surface area contributed by atoms with Crippen LogP contribution in [0.25, 0.3) is 0 Å². The molecule has 1 aliphatic carbocycles. The summed E-state index contributed by atoms with van der Waals surface area (Å²) in [5, 5.41) is 9.85. The number of rotatable bonds is 6. The topological polar surface area (TPSA) is 23.5 Å². The van der Waals surface area contributed by atoms with E-state index in [-0.39, 0.29) is 0 Å². The second-order valence-electron chi connectivity index (χ2n) is 7.53. The van der Waals surface area contributed by atoms with Crippen LogP contribution in [0.4, 0.5) is 0 Å². The molecule has 2 aliphatic heterocycles. The normalized spacial score (nSPS) is 35.3. The highest BCUT2D eigenvalue weighted by Crippen LogP contribution is 2.53. The van der Waals surface area contributed by atoms with Crippen molar-refractivity contribution >= 4 is 0 Å². The van der Waals surface area contributed by atoms with Crippen LogP contribution in [-0.4, -0.2) is 28.2 Å². The molecule has 2 nitrogen and oxygen atoms in total. The van der Waals surface area contributed by atoms with Gasteiger partial charge in [-0.1, -0.05) is 45.1 Å². The highest BCUT2D eigenvalue weighted by atomic mass is 16.3. The third-order valence-electron chi connectivity index (χ3n) is 6.37. The van der Waals surface area contributed by atoms with E-state index in [1.165, 1.54) is 77.0 Å². The molecule has 1 N–H and O–H groups in total. The van der Waals surface area contributed by atoms with Gasteiger partial charge in [-0.15, -0.1) is 0 Å². The summed E-state index contributed by atoms with van der Waals surface area (Å²) in [5.41, 5.74) is 2.02. The zero-order chi connectivity index (χ0) is 14.7. The zero-order valence-corrected chi connectivity index (χ0v) is 13.8. The number of hydrogen-bond donors (Lipinski definition) is 1. The number of aliphatic hydroxyl groups is 1. The van der Waals surface area contributed by atoms with Crippen molar-refractivity contribution in [1.29, 1.82) is 0 Å². The Labute approximate surface area is 130 Å². The first-order valence-corrected chi connectivity index (χ1v) is 9.41. The van der Waals surface area contributed by atoms with E-state index in [1.807, 2.05) is 0 Å². The van der Waals surface area contributed by atoms with Crippen molar-refractivity contribution in [2.45, 2.75) is 95.6 Å². The lowest BCUT2D eigenvalue weighted by Gasteiger charge is -2.53. The molecule has 120 valence electrons. The van der Waals surface area contributed by atoms with Crippen molar-refractivity contribution in [2.75, 3.05) is 6.61 Å². The van der Waals surface area contributed by atoms with Gasteiger partial charge in [0, 0.05) is 11.2 Å². The van der Waals surface area contributed by atoms with Crippen molar-refractivity contribution in [3.63, 3.8) is 0 Å². The van der Waals surface area contributed by atoms with Crippen LogP contribution >= 0.6 is 0 Å². The summed E-state index contributed by atoms with van der Waals surface area (Å²) in [6, 6.07) is 0.406. The predicted octanol–water partition coefficient (Wildman–Crippen LogP) is 4.63. The molecule has 0 aromatic heterocycles. The maximum atomic E-state index is 9.85. The van der Waals surface area contributed by atoms with Gasteiger partial charge in [0.1, 0.15) is 0 Å². The van der Waals surface area contributed by atoms with E-state index in [9.17, 15) is 5.11 Å². The average molecular weight is 291 g/mol. The molecular weight excluding hydrogens is 258 g/mol. The number of nitrogens with zero attached hydrogens (tertiary/aromatic N) is 1. The molecule has 2 fully saturated rings. The highest BCUT2D eigenvalue weighted by Gasteiger charge is 2.53. The largest absolute Gasteiger partial charge is 0.394 e. The Kier molecular flexibility index (Phi) is 4.93. The second-order valence-corrected chi connectivity index (χ2v) is 7.53. The first kappa shape index (κ1) is 15.4. The molecule has 1 saturated heterocycles. The third-order valence-corrected chi connectivity index (χ3v) is 6.37. The number of hydrogen-bond acceptors (Lipinski definition) is 2. The smallest absolute Gasteiger partial charge is 0.0635 e. The van der Waals surface area contributed by atoms with Crippen LogP contribution in [0.5, 0.6) is 0 Å². The molecule has 3 rings (SSSR count). The quantitative estimate of drug-likeness (QED) is 0.721. The minimum Gasteiger partial charge on any atom is -0.394 e. The van der Waals surface area contributed by atoms with E-state index in [0.29, 0.717) is 18.2 Å². The van der Waals surface area contributed by atoms with E-state index >= 15 is 0 Å². The maximum Gasteiger partial charge on any atom is 0.0635 e. The fourth-order valence-corrected chi connectivity index (χ4v) is 5.33. The highest BCUT2D eigenvalue weighted by molar-refractivity contribution is 5.21. The lowest BCUT2D eigenvalue weighted by atomic mass is 9.68. The molecule has 1 saturated carbocycles. The van der Waals surface area contributed by atoms with Crippen molar-refractivity contribution in [2.24, 2.45) is 5.92 Å². The molecule has 0 bridgehead atoms. The zero-order valence-electron chi connectivity index (χ0n) is 13.8. The van der Waals surface area contributed by atoms with Crippen LogP contribution in [0.3, 0.4) is 0 Å². The minimum atomic E-state index is 0.348. The van der Waals surface area contributed by atoms with Crippen LogP contribution in [0, 0.1) is 5.92 Å². The van der Waals surface area contributed by atoms with Crippen LogP contribution in [0.15, 0.2) is 11.8 Å². The van der Waals surface area contributed by atoms with Crippen molar-refractivity contribution < 1.29 is 5.11 Å². The maximum absolute atomic E-state index is 9.85. The van der Waals surface area contributed by atoms with Gasteiger partial charge in [-0.2, -0.15) is 0 Å². The second kappa shape index (κ2) is 6.73. The first-order chi connectivity index (χ1) is 10.3. The summed E-state index contributed by atoms with van der Waals surface area (Å²) in [5.74, 6) is 0.863.